The second-order valence-electron chi connectivity index (χ2n) is 5.32. The van der Waals surface area contributed by atoms with Gasteiger partial charge >= 0.3 is 17.9 Å². The topological polar surface area (TPSA) is 191 Å². The molecule has 182 valence electrons. The predicted molar refractivity (Wildman–Crippen MR) is 113 cm³/mol. The lowest BCUT2D eigenvalue weighted by Crippen LogP contribution is -2.18. The Hall–Kier alpha value is -2.73. The summed E-state index contributed by atoms with van der Waals surface area (Å²) in [5.41, 5.74) is 0. The molecule has 0 aliphatic heterocycles. The molecule has 6 N–H and O–H groups in total. The average molecular weight is 452 g/mol. The highest BCUT2D eigenvalue weighted by Crippen LogP contribution is 2.06. The lowest BCUT2D eigenvalue weighted by atomic mass is 10.1. The van der Waals surface area contributed by atoms with Crippen LogP contribution in [0.25, 0.3) is 0 Å². The second kappa shape index (κ2) is 27.3. The van der Waals surface area contributed by atoms with Gasteiger partial charge in [0.2, 0.25) is 0 Å². The van der Waals surface area contributed by atoms with Crippen molar-refractivity contribution in [3.05, 3.63) is 37.6 Å². The standard InChI is InChI=1S/C8H14O4.C6H14O3.2C3H4O2/c1-4-7(11-5-2)12-6(3)8(9)10;7-3-1-2-6(4-8)5-9;2*1-2-3(4)5/h7H,3-5H2,1-2H3,(H,9,10);6-9H,1-5H2;2*2H,1H2,(H,4,5). The molecule has 11 heteroatoms. The van der Waals surface area contributed by atoms with Crippen LogP contribution in [0.5, 0.6) is 0 Å². The van der Waals surface area contributed by atoms with E-state index in [0.29, 0.717) is 25.9 Å². The normalized spacial score (nSPS) is 9.87. The summed E-state index contributed by atoms with van der Waals surface area (Å²) >= 11 is 0. The maximum Gasteiger partial charge on any atom is 0.370 e. The van der Waals surface area contributed by atoms with Crippen molar-refractivity contribution in [2.45, 2.75) is 39.4 Å². The summed E-state index contributed by atoms with van der Waals surface area (Å²) in [4.78, 5) is 28.8. The number of rotatable bonds is 13. The largest absolute Gasteiger partial charge is 0.478 e. The molecule has 0 aliphatic rings. The SMILES string of the molecule is C=C(OC(CC)OCC)C(=O)O.C=CC(=O)O.C=CC(=O)O.OCCCC(CO)CO. The molecule has 0 rings (SSSR count). The molecular weight excluding hydrogens is 416 g/mol. The molecule has 0 radical (unpaired) electrons. The zero-order valence-corrected chi connectivity index (χ0v) is 18.1. The molecule has 0 aromatic carbocycles. The zero-order valence-electron chi connectivity index (χ0n) is 18.1. The molecule has 0 amide bonds. The Morgan fingerprint density at radius 2 is 1.35 bits per heavy atom. The minimum absolute atomic E-state index is 0.0104. The first-order valence-electron chi connectivity index (χ1n) is 9.24. The van der Waals surface area contributed by atoms with Gasteiger partial charge in [-0.3, -0.25) is 0 Å². The number of hydrogen-bond donors (Lipinski definition) is 6. The van der Waals surface area contributed by atoms with Gasteiger partial charge in [-0.2, -0.15) is 0 Å². The van der Waals surface area contributed by atoms with Crippen LogP contribution in [0, 0.1) is 5.92 Å². The van der Waals surface area contributed by atoms with E-state index in [-0.39, 0.29) is 31.5 Å². The van der Waals surface area contributed by atoms with E-state index in [0.717, 1.165) is 12.2 Å². The van der Waals surface area contributed by atoms with Gasteiger partial charge in [-0.1, -0.05) is 20.1 Å². The van der Waals surface area contributed by atoms with E-state index in [2.05, 4.69) is 19.7 Å². The van der Waals surface area contributed by atoms with E-state index in [1.165, 1.54) is 0 Å². The third-order valence-electron chi connectivity index (χ3n) is 2.83. The Bertz CT molecular complexity index is 481. The second-order valence-corrected chi connectivity index (χ2v) is 5.32. The summed E-state index contributed by atoms with van der Waals surface area (Å²) < 4.78 is 9.95. The highest BCUT2D eigenvalue weighted by Gasteiger charge is 2.12. The molecule has 0 heterocycles. The lowest BCUT2D eigenvalue weighted by molar-refractivity contribution is -0.150. The van der Waals surface area contributed by atoms with Gasteiger partial charge in [-0.25, -0.2) is 14.4 Å². The van der Waals surface area contributed by atoms with Crippen molar-refractivity contribution >= 4 is 17.9 Å². The number of ether oxygens (including phenoxy) is 2. The van der Waals surface area contributed by atoms with Gasteiger partial charge in [0.25, 0.3) is 0 Å². The van der Waals surface area contributed by atoms with Gasteiger partial charge in [0.1, 0.15) is 0 Å². The van der Waals surface area contributed by atoms with Crippen molar-refractivity contribution in [3.63, 3.8) is 0 Å². The van der Waals surface area contributed by atoms with E-state index in [1.807, 2.05) is 13.8 Å². The van der Waals surface area contributed by atoms with Crippen LogP contribution in [0.4, 0.5) is 0 Å². The van der Waals surface area contributed by atoms with E-state index in [1.54, 1.807) is 0 Å². The van der Waals surface area contributed by atoms with Crippen LogP contribution in [-0.4, -0.2) is 81.3 Å². The highest BCUT2D eigenvalue weighted by molar-refractivity contribution is 5.83. The van der Waals surface area contributed by atoms with Gasteiger partial charge < -0.3 is 40.1 Å². The molecule has 0 fully saturated rings. The minimum atomic E-state index is -1.16. The third-order valence-corrected chi connectivity index (χ3v) is 2.83. The Labute approximate surface area is 182 Å². The molecule has 0 spiro atoms. The van der Waals surface area contributed by atoms with E-state index >= 15 is 0 Å². The average Bonchev–Trinajstić information content (AvgIpc) is 2.75. The molecule has 11 nitrogen and oxygen atoms in total. The number of carboxylic acid groups (broad SMARTS) is 3. The molecule has 0 bridgehead atoms. The summed E-state index contributed by atoms with van der Waals surface area (Å²) in [5.74, 6) is -3.45. The van der Waals surface area contributed by atoms with Crippen LogP contribution in [0.2, 0.25) is 0 Å². The van der Waals surface area contributed by atoms with Crippen LogP contribution in [0.15, 0.2) is 37.6 Å². The first kappa shape index (κ1) is 35.7. The molecule has 0 saturated carbocycles. The van der Waals surface area contributed by atoms with Crippen LogP contribution < -0.4 is 0 Å². The molecule has 0 aromatic rings. The molecule has 0 aliphatic carbocycles. The summed E-state index contributed by atoms with van der Waals surface area (Å²) in [6, 6.07) is 0. The van der Waals surface area contributed by atoms with Gasteiger partial charge in [-0.15, -0.1) is 0 Å². The Morgan fingerprint density at radius 3 is 1.58 bits per heavy atom. The molecule has 31 heavy (non-hydrogen) atoms. The van der Waals surface area contributed by atoms with Gasteiger partial charge in [0.15, 0.2) is 12.0 Å². The van der Waals surface area contributed by atoms with E-state index < -0.39 is 24.2 Å². The van der Waals surface area contributed by atoms with Crippen LogP contribution >= 0.6 is 0 Å². The number of aliphatic hydroxyl groups is 3. The van der Waals surface area contributed by atoms with Crippen LogP contribution in [-0.2, 0) is 23.9 Å². The maximum absolute atomic E-state index is 10.3. The fourth-order valence-electron chi connectivity index (χ4n) is 1.25. The first-order chi connectivity index (χ1) is 14.5. The molecule has 1 unspecified atom stereocenters. The van der Waals surface area contributed by atoms with E-state index in [4.69, 9.17) is 40.1 Å². The predicted octanol–water partition coefficient (Wildman–Crippen LogP) is 1.25. The number of carbonyl (C=O) groups is 3. The van der Waals surface area contributed by atoms with Gasteiger partial charge in [0.05, 0.1) is 0 Å². The zero-order chi connectivity index (χ0) is 25.2. The monoisotopic (exact) mass is 452 g/mol. The third kappa shape index (κ3) is 35.1. The number of aliphatic carboxylic acids is 3. The van der Waals surface area contributed by atoms with Crippen molar-refractivity contribution in [1.82, 2.24) is 0 Å². The van der Waals surface area contributed by atoms with Gasteiger partial charge in [0, 0.05) is 50.9 Å². The molecule has 0 saturated heterocycles. The number of carboxylic acids is 3. The number of aliphatic hydroxyl groups excluding tert-OH is 3. The van der Waals surface area contributed by atoms with Crippen molar-refractivity contribution < 1.29 is 54.5 Å². The first-order valence-corrected chi connectivity index (χ1v) is 9.24. The smallest absolute Gasteiger partial charge is 0.370 e. The minimum Gasteiger partial charge on any atom is -0.478 e. The van der Waals surface area contributed by atoms with Gasteiger partial charge in [-0.05, 0) is 26.3 Å². The van der Waals surface area contributed by atoms with E-state index in [9.17, 15) is 14.4 Å². The van der Waals surface area contributed by atoms with Crippen LogP contribution in [0.3, 0.4) is 0 Å². The lowest BCUT2D eigenvalue weighted by Gasteiger charge is -2.16. The Morgan fingerprint density at radius 1 is 0.935 bits per heavy atom. The Kier molecular flexibility index (Phi) is 31.4. The van der Waals surface area contributed by atoms with Crippen molar-refractivity contribution in [3.8, 4) is 0 Å². The molecular formula is C20H36O11. The summed E-state index contributed by atoms with van der Waals surface area (Å²) in [5, 5.41) is 49.0. The maximum atomic E-state index is 10.3. The molecule has 1 atom stereocenters. The fraction of sp³-hybridized carbons (Fsp3) is 0.550. The highest BCUT2D eigenvalue weighted by atomic mass is 16.7. The summed E-state index contributed by atoms with van der Waals surface area (Å²) in [6.07, 6.45) is 3.12. The van der Waals surface area contributed by atoms with Crippen molar-refractivity contribution in [2.75, 3.05) is 26.4 Å². The van der Waals surface area contributed by atoms with Crippen molar-refractivity contribution in [2.24, 2.45) is 5.92 Å². The Balaban J connectivity index is -0.000000169. The van der Waals surface area contributed by atoms with Crippen molar-refractivity contribution in [1.29, 1.82) is 0 Å². The summed E-state index contributed by atoms with van der Waals surface area (Å²) in [7, 11) is 0. The van der Waals surface area contributed by atoms with Crippen LogP contribution in [0.1, 0.15) is 33.1 Å². The quantitative estimate of drug-likeness (QED) is 0.134. The molecule has 0 aromatic heterocycles. The summed E-state index contributed by atoms with van der Waals surface area (Å²) in [6.45, 7) is 13.4. The number of hydrogen-bond acceptors (Lipinski definition) is 8. The fourth-order valence-corrected chi connectivity index (χ4v) is 1.25.